The maximum Gasteiger partial charge on any atom is 0.305 e. The van der Waals surface area contributed by atoms with Crippen molar-refractivity contribution in [3.63, 3.8) is 0 Å². The van der Waals surface area contributed by atoms with E-state index in [1.165, 1.54) is 0 Å². The second kappa shape index (κ2) is 14.0. The molecule has 2 fully saturated rings. The highest BCUT2D eigenvalue weighted by molar-refractivity contribution is 5.88. The molecule has 0 radical (unpaired) electrons. The van der Waals surface area contributed by atoms with E-state index in [4.69, 9.17) is 0 Å². The number of rotatable bonds is 9. The Morgan fingerprint density at radius 3 is 2.58 bits per heavy atom. The van der Waals surface area contributed by atoms with Gasteiger partial charge in [0, 0.05) is 19.1 Å². The van der Waals surface area contributed by atoms with Gasteiger partial charge in [-0.3, -0.25) is 14.4 Å². The molecular weight excluding hydrogens is 442 g/mol. The minimum atomic E-state index is -0.924. The van der Waals surface area contributed by atoms with Crippen molar-refractivity contribution >= 4 is 30.2 Å². The number of carbonyl (C=O) groups excluding carboxylic acids is 2. The molecule has 1 aromatic carbocycles. The number of carboxylic acid groups (broad SMARTS) is 1. The number of nitrogens with zero attached hydrogens (tertiary/aromatic N) is 1. The van der Waals surface area contributed by atoms with Crippen LogP contribution < -0.4 is 10.6 Å². The van der Waals surface area contributed by atoms with Crippen molar-refractivity contribution in [2.24, 2.45) is 11.8 Å². The molecule has 0 saturated carbocycles. The highest BCUT2D eigenvalue weighted by atomic mass is 35.5. The Hall–Kier alpha value is -2.38. The monoisotopic (exact) mass is 477 g/mol. The molecule has 182 valence electrons. The van der Waals surface area contributed by atoms with E-state index >= 15 is 0 Å². The third kappa shape index (κ3) is 9.18. The summed E-state index contributed by atoms with van der Waals surface area (Å²) in [6, 6.07) is 9.42. The van der Waals surface area contributed by atoms with Crippen molar-refractivity contribution in [2.45, 2.75) is 51.0 Å². The van der Waals surface area contributed by atoms with E-state index in [0.717, 1.165) is 37.9 Å². The molecule has 0 bridgehead atoms. The van der Waals surface area contributed by atoms with E-state index in [0.29, 0.717) is 38.3 Å². The normalized spacial score (nSPS) is 20.1. The number of nitrogens with one attached hydrogen (secondary N) is 2. The van der Waals surface area contributed by atoms with Crippen LogP contribution in [0, 0.1) is 11.8 Å². The maximum absolute atomic E-state index is 12.9. The van der Waals surface area contributed by atoms with Gasteiger partial charge in [-0.25, -0.2) is 0 Å². The Labute approximate surface area is 202 Å². The zero-order chi connectivity index (χ0) is 22.8. The number of hydrogen-bond donors (Lipinski definition) is 3. The van der Waals surface area contributed by atoms with Crippen molar-refractivity contribution in [3.05, 3.63) is 48.0 Å². The van der Waals surface area contributed by atoms with Crippen molar-refractivity contribution in [3.8, 4) is 0 Å². The molecule has 2 aliphatic rings. The molecule has 2 aliphatic heterocycles. The van der Waals surface area contributed by atoms with Gasteiger partial charge in [-0.2, -0.15) is 0 Å². The lowest BCUT2D eigenvalue weighted by molar-refractivity contribution is -0.138. The second-order valence-corrected chi connectivity index (χ2v) is 8.90. The predicted molar refractivity (Wildman–Crippen MR) is 130 cm³/mol. The van der Waals surface area contributed by atoms with Crippen LogP contribution in [-0.4, -0.2) is 60.0 Å². The lowest BCUT2D eigenvalue weighted by Crippen LogP contribution is -2.47. The van der Waals surface area contributed by atoms with Gasteiger partial charge in [-0.15, -0.1) is 12.4 Å². The molecule has 7 nitrogen and oxygen atoms in total. The number of aliphatic carboxylic acids is 1. The predicted octanol–water partition coefficient (Wildman–Crippen LogP) is 2.79. The Kier molecular flexibility index (Phi) is 11.4. The molecule has 2 atom stereocenters. The van der Waals surface area contributed by atoms with Crippen LogP contribution in [-0.2, 0) is 20.8 Å². The van der Waals surface area contributed by atoms with Gasteiger partial charge in [-0.1, -0.05) is 36.4 Å². The number of hydrogen-bond acceptors (Lipinski definition) is 4. The fourth-order valence-electron chi connectivity index (χ4n) is 4.49. The number of allylic oxidation sites excluding steroid dienone is 1. The molecule has 1 unspecified atom stereocenters. The van der Waals surface area contributed by atoms with Crippen LogP contribution in [0.25, 0.3) is 0 Å². The first-order valence-corrected chi connectivity index (χ1v) is 11.7. The molecule has 2 saturated heterocycles. The maximum atomic E-state index is 12.9. The molecule has 3 N–H and O–H groups in total. The molecule has 1 aromatic rings. The highest BCUT2D eigenvalue weighted by Gasteiger charge is 2.29. The topological polar surface area (TPSA) is 98.7 Å². The van der Waals surface area contributed by atoms with E-state index in [2.05, 4.69) is 10.6 Å². The first kappa shape index (κ1) is 26.9. The summed E-state index contributed by atoms with van der Waals surface area (Å²) in [5.41, 5.74) is 1.12. The van der Waals surface area contributed by atoms with E-state index < -0.39 is 12.0 Å². The summed E-state index contributed by atoms with van der Waals surface area (Å²) in [5, 5.41) is 15.5. The van der Waals surface area contributed by atoms with E-state index in [1.807, 2.05) is 36.4 Å². The van der Waals surface area contributed by atoms with Crippen LogP contribution in [0.2, 0.25) is 0 Å². The largest absolute Gasteiger partial charge is 0.481 e. The minimum Gasteiger partial charge on any atom is -0.481 e. The van der Waals surface area contributed by atoms with Crippen LogP contribution in [0.1, 0.15) is 44.1 Å². The number of carboxylic acids is 1. The van der Waals surface area contributed by atoms with E-state index in [-0.39, 0.29) is 36.6 Å². The van der Waals surface area contributed by atoms with E-state index in [9.17, 15) is 19.5 Å². The van der Waals surface area contributed by atoms with Gasteiger partial charge in [0.2, 0.25) is 11.8 Å². The molecule has 2 heterocycles. The molecule has 0 spiro atoms. The van der Waals surface area contributed by atoms with Crippen molar-refractivity contribution < 1.29 is 19.5 Å². The Morgan fingerprint density at radius 1 is 1.15 bits per heavy atom. The van der Waals surface area contributed by atoms with Crippen molar-refractivity contribution in [1.82, 2.24) is 15.5 Å². The number of likely N-dealkylation sites (tertiary alicyclic amines) is 1. The molecule has 0 aliphatic carbocycles. The fourth-order valence-corrected chi connectivity index (χ4v) is 4.49. The number of halogens is 1. The molecule has 33 heavy (non-hydrogen) atoms. The summed E-state index contributed by atoms with van der Waals surface area (Å²) in [6.45, 7) is 3.01. The van der Waals surface area contributed by atoms with Gasteiger partial charge < -0.3 is 20.6 Å². The van der Waals surface area contributed by atoms with Crippen molar-refractivity contribution in [1.29, 1.82) is 0 Å². The minimum absolute atomic E-state index is 0. The Bertz CT molecular complexity index is 796. The smallest absolute Gasteiger partial charge is 0.305 e. The van der Waals surface area contributed by atoms with Gasteiger partial charge in [0.05, 0.1) is 12.3 Å². The Morgan fingerprint density at radius 2 is 1.88 bits per heavy atom. The summed E-state index contributed by atoms with van der Waals surface area (Å²) in [4.78, 5) is 38.6. The SMILES string of the molecule is Cl.O=C(O)CC(CCc1ccccc1)NC(=O)[C@@H]1CCCN(C(=O)/C=C/C2CCNCC2)C1. The number of aryl methyl sites for hydroxylation is 1. The fraction of sp³-hybridized carbons (Fsp3) is 0.560. The zero-order valence-electron chi connectivity index (χ0n) is 19.1. The van der Waals surface area contributed by atoms with Crippen LogP contribution in [0.5, 0.6) is 0 Å². The van der Waals surface area contributed by atoms with Crippen LogP contribution >= 0.6 is 12.4 Å². The highest BCUT2D eigenvalue weighted by Crippen LogP contribution is 2.19. The van der Waals surface area contributed by atoms with Crippen LogP contribution in [0.3, 0.4) is 0 Å². The second-order valence-electron chi connectivity index (χ2n) is 8.90. The van der Waals surface area contributed by atoms with Crippen LogP contribution in [0.4, 0.5) is 0 Å². The molecular formula is C25H36ClN3O4. The lowest BCUT2D eigenvalue weighted by Gasteiger charge is -2.32. The summed E-state index contributed by atoms with van der Waals surface area (Å²) in [7, 11) is 0. The zero-order valence-corrected chi connectivity index (χ0v) is 19.9. The average Bonchev–Trinajstić information content (AvgIpc) is 2.82. The summed E-state index contributed by atoms with van der Waals surface area (Å²) in [6.07, 6.45) is 8.43. The van der Waals surface area contributed by atoms with Crippen LogP contribution in [0.15, 0.2) is 42.5 Å². The number of amides is 2. The first-order valence-electron chi connectivity index (χ1n) is 11.7. The summed E-state index contributed by atoms with van der Waals surface area (Å²) >= 11 is 0. The first-order chi connectivity index (χ1) is 15.5. The molecule has 3 rings (SSSR count). The molecule has 0 aromatic heterocycles. The summed E-state index contributed by atoms with van der Waals surface area (Å²) < 4.78 is 0. The quantitative estimate of drug-likeness (QED) is 0.475. The van der Waals surface area contributed by atoms with Gasteiger partial charge in [0.25, 0.3) is 0 Å². The number of benzene rings is 1. The Balaban J connectivity index is 0.00000385. The van der Waals surface area contributed by atoms with E-state index in [1.54, 1.807) is 11.0 Å². The van der Waals surface area contributed by atoms with Gasteiger partial charge >= 0.3 is 5.97 Å². The summed E-state index contributed by atoms with van der Waals surface area (Å²) in [5.74, 6) is -0.971. The van der Waals surface area contributed by atoms with Crippen molar-refractivity contribution in [2.75, 3.05) is 26.2 Å². The third-order valence-electron chi connectivity index (χ3n) is 6.39. The van der Waals surface area contributed by atoms with Gasteiger partial charge in [-0.05, 0) is 69.2 Å². The number of piperidine rings is 2. The van der Waals surface area contributed by atoms with Gasteiger partial charge in [0.1, 0.15) is 0 Å². The average molecular weight is 478 g/mol. The van der Waals surface area contributed by atoms with Gasteiger partial charge in [0.15, 0.2) is 0 Å². The number of carbonyl (C=O) groups is 3. The standard InChI is InChI=1S/C25H35N3O4.ClH/c29-23(11-9-20-12-14-26-15-13-20)28-16-4-7-21(18-28)25(32)27-22(17-24(30)31)10-8-19-5-2-1-3-6-19;/h1-3,5-6,9,11,20-22,26H,4,7-8,10,12-18H2,(H,27,32)(H,30,31);1H/b11-9+;/t21-,22?;/m1./s1. The molecule has 8 heteroatoms. The third-order valence-corrected chi connectivity index (χ3v) is 6.39. The lowest BCUT2D eigenvalue weighted by atomic mass is 9.95. The molecule has 2 amide bonds.